The quantitative estimate of drug-likeness (QED) is 0.157. The van der Waals surface area contributed by atoms with Crippen LogP contribution in [0.4, 0.5) is 34.1 Å². The van der Waals surface area contributed by atoms with Gasteiger partial charge in [0.05, 0.1) is 0 Å². The first kappa shape index (κ1) is 58.8. The van der Waals surface area contributed by atoms with E-state index in [0.717, 1.165) is 34.1 Å². The normalized spacial score (nSPS) is 18.9. The lowest BCUT2D eigenvalue weighted by atomic mass is 9.39. The summed E-state index contributed by atoms with van der Waals surface area (Å²) in [4.78, 5) is 5.22. The van der Waals surface area contributed by atoms with Crippen molar-refractivity contribution >= 4 is 34.1 Å². The summed E-state index contributed by atoms with van der Waals surface area (Å²) in [6, 6.07) is 99.9. The molecule has 2 atom stereocenters. The highest BCUT2D eigenvalue weighted by atomic mass is 15.2. The van der Waals surface area contributed by atoms with Crippen molar-refractivity contribution in [3.63, 3.8) is 0 Å². The Hall–Kier alpha value is -9.76. The molecule has 0 N–H and O–H groups in total. The van der Waals surface area contributed by atoms with Crippen molar-refractivity contribution in [2.75, 3.05) is 9.80 Å². The molecule has 6 aliphatic carbocycles. The van der Waals surface area contributed by atoms with Crippen molar-refractivity contribution in [1.29, 1.82) is 0 Å². The number of benzene rings is 12. The van der Waals surface area contributed by atoms with Gasteiger partial charge >= 0.3 is 0 Å². The molecule has 0 aromatic heterocycles. The summed E-state index contributed by atoms with van der Waals surface area (Å²) in [6.07, 6.45) is 0. The van der Waals surface area contributed by atoms with E-state index in [0.29, 0.717) is 0 Å². The molecule has 470 valence electrons. The molecule has 0 amide bonds. The second kappa shape index (κ2) is 19.5. The van der Waals surface area contributed by atoms with E-state index in [1.54, 1.807) is 0 Å². The number of hydrogen-bond acceptors (Lipinski definition) is 2. The predicted molar refractivity (Wildman–Crippen MR) is 404 cm³/mol. The topological polar surface area (TPSA) is 6.48 Å². The lowest BCUT2D eigenvalue weighted by Crippen LogP contribution is -2.62. The number of nitrogens with zero attached hydrogens (tertiary/aromatic N) is 2. The number of rotatable bonds is 7. The summed E-state index contributed by atoms with van der Waals surface area (Å²) in [7, 11) is 0. The van der Waals surface area contributed by atoms with E-state index in [9.17, 15) is 0 Å². The molecule has 0 saturated heterocycles. The molecule has 0 radical (unpaired) electrons. The van der Waals surface area contributed by atoms with Crippen molar-refractivity contribution in [2.45, 2.75) is 129 Å². The Morgan fingerprint density at radius 1 is 0.188 bits per heavy atom. The molecule has 2 unspecified atom stereocenters. The molecule has 12 aromatic rings. The van der Waals surface area contributed by atoms with Crippen LogP contribution in [0, 0.1) is 10.8 Å². The Labute approximate surface area is 569 Å². The van der Waals surface area contributed by atoms with Crippen LogP contribution in [0.5, 0.6) is 0 Å². The van der Waals surface area contributed by atoms with E-state index in [2.05, 4.69) is 362 Å². The van der Waals surface area contributed by atoms with Crippen molar-refractivity contribution < 1.29 is 0 Å². The Morgan fingerprint density at radius 3 is 0.573 bits per heavy atom. The van der Waals surface area contributed by atoms with Crippen molar-refractivity contribution in [3.05, 3.63) is 322 Å². The fraction of sp³-hybridized carbons (Fsp3) is 0.234. The minimum atomic E-state index is -0.674. The van der Waals surface area contributed by atoms with Gasteiger partial charge in [0.15, 0.2) is 0 Å². The fourth-order valence-corrected chi connectivity index (χ4v) is 20.6. The van der Waals surface area contributed by atoms with Gasteiger partial charge in [0.1, 0.15) is 0 Å². The summed E-state index contributed by atoms with van der Waals surface area (Å²) in [5, 5.41) is 0. The maximum Gasteiger partial charge on any atom is 0.0465 e. The molecule has 12 aromatic carbocycles. The van der Waals surface area contributed by atoms with Crippen LogP contribution in [0.25, 0.3) is 66.8 Å². The smallest absolute Gasteiger partial charge is 0.0465 e. The number of anilines is 6. The van der Waals surface area contributed by atoms with Gasteiger partial charge in [-0.1, -0.05) is 279 Å². The average molecular weight is 1240 g/mol. The first-order valence-corrected chi connectivity index (χ1v) is 35.0. The molecule has 0 heterocycles. The zero-order chi connectivity index (χ0) is 66.2. The fourth-order valence-electron chi connectivity index (χ4n) is 20.6. The van der Waals surface area contributed by atoms with Crippen molar-refractivity contribution in [2.24, 2.45) is 10.8 Å². The summed E-state index contributed by atoms with van der Waals surface area (Å²) >= 11 is 0. The highest BCUT2D eigenvalue weighted by molar-refractivity contribution is 5.96. The van der Waals surface area contributed by atoms with Gasteiger partial charge in [0, 0.05) is 66.6 Å². The summed E-state index contributed by atoms with van der Waals surface area (Å²) in [5.41, 5.74) is 36.3. The van der Waals surface area contributed by atoms with Crippen LogP contribution in [0.1, 0.15) is 164 Å². The van der Waals surface area contributed by atoms with Crippen LogP contribution in [0.15, 0.2) is 255 Å². The first-order valence-electron chi connectivity index (χ1n) is 35.0. The molecular formula is C94H84N2. The first-order chi connectivity index (χ1) is 45.9. The molecule has 0 bridgehead atoms. The molecule has 0 spiro atoms. The molecule has 0 aliphatic heterocycles. The van der Waals surface area contributed by atoms with Gasteiger partial charge in [0.2, 0.25) is 0 Å². The Balaban J connectivity index is 0.899. The van der Waals surface area contributed by atoms with E-state index in [4.69, 9.17) is 0 Å². The Morgan fingerprint density at radius 2 is 0.354 bits per heavy atom. The van der Waals surface area contributed by atoms with Gasteiger partial charge < -0.3 is 9.80 Å². The molecular weight excluding hydrogens is 1160 g/mol. The van der Waals surface area contributed by atoms with E-state index in [1.807, 2.05) is 0 Å². The van der Waals surface area contributed by atoms with Crippen molar-refractivity contribution in [1.82, 2.24) is 0 Å². The third kappa shape index (κ3) is 7.38. The van der Waals surface area contributed by atoms with Crippen LogP contribution in [-0.2, 0) is 32.5 Å². The van der Waals surface area contributed by atoms with E-state index in [-0.39, 0.29) is 21.7 Å². The zero-order valence-corrected chi connectivity index (χ0v) is 58.1. The Bertz CT molecular complexity index is 4810. The Kier molecular flexibility index (Phi) is 11.9. The van der Waals surface area contributed by atoms with E-state index in [1.165, 1.54) is 134 Å². The summed E-state index contributed by atoms with van der Waals surface area (Å²) in [6.45, 7) is 34.7. The standard InChI is InChI=1S/C94H84N2/c1-87(2,3)93(79-37-25-19-31-67(79)73-49-43-61(55-85(73)93)95(57-39-45-69-63-27-15-21-33-75(63)89(7,8)81(69)51-57)58-40-46-70-64-28-16-22-34-76(64)90(9,10)82(70)52-58)94(88(4,5)6)80-38-26-20-32-68(80)74-50-44-62(56-86(74)94)96(59-41-47-71-65-29-17-23-35-77(65)91(11,12)83(71)53-59)60-42-48-72-66-30-18-24-36-78(66)92(13,14)84(72)54-60/h15-56H,1-14H3. The average Bonchev–Trinajstić information content (AvgIpc) is 1.44. The molecule has 6 aliphatic rings. The minimum Gasteiger partial charge on any atom is -0.310 e. The zero-order valence-electron chi connectivity index (χ0n) is 58.1. The predicted octanol–water partition coefficient (Wildman–Crippen LogP) is 25.2. The van der Waals surface area contributed by atoms with Gasteiger partial charge in [-0.05, 0) is 217 Å². The molecule has 0 fully saturated rings. The van der Waals surface area contributed by atoms with Crippen LogP contribution in [-0.4, -0.2) is 0 Å². The molecule has 2 heteroatoms. The minimum absolute atomic E-state index is 0.196. The highest BCUT2D eigenvalue weighted by Gasteiger charge is 2.70. The maximum atomic E-state index is 2.67. The van der Waals surface area contributed by atoms with E-state index < -0.39 is 21.7 Å². The maximum absolute atomic E-state index is 2.67. The number of fused-ring (bicyclic) bond motifs is 18. The SMILES string of the molecule is CC1(C)c2ccccc2-c2ccc(N(c3ccc4c(c3)C(C)(C)c3ccccc3-4)c3ccc4c(c3)C(C(C)(C)C)(C3(C(C)(C)C)c5ccccc5-c5ccc(N(c6ccc7c(c6)C(C)(C)c6ccccc6-7)c6ccc7c(c6)C(C)(C)c6ccccc6-7)cc53)c3ccccc3-4)cc21. The third-order valence-electron chi connectivity index (χ3n) is 24.7. The second-order valence-corrected chi connectivity index (χ2v) is 32.8. The van der Waals surface area contributed by atoms with Crippen LogP contribution < -0.4 is 9.80 Å². The van der Waals surface area contributed by atoms with Crippen LogP contribution in [0.2, 0.25) is 0 Å². The number of hydrogen-bond donors (Lipinski definition) is 0. The lowest BCUT2D eigenvalue weighted by Gasteiger charge is -2.62. The monoisotopic (exact) mass is 1240 g/mol. The van der Waals surface area contributed by atoms with Crippen molar-refractivity contribution in [3.8, 4) is 66.8 Å². The molecule has 0 saturated carbocycles. The lowest BCUT2D eigenvalue weighted by molar-refractivity contribution is 0.0594. The highest BCUT2D eigenvalue weighted by Crippen LogP contribution is 2.75. The van der Waals surface area contributed by atoms with Gasteiger partial charge in [-0.2, -0.15) is 0 Å². The third-order valence-corrected chi connectivity index (χ3v) is 24.7. The van der Waals surface area contributed by atoms with Crippen LogP contribution >= 0.6 is 0 Å². The van der Waals surface area contributed by atoms with Gasteiger partial charge in [-0.3, -0.25) is 0 Å². The second-order valence-electron chi connectivity index (χ2n) is 32.8. The molecule has 96 heavy (non-hydrogen) atoms. The summed E-state index contributed by atoms with van der Waals surface area (Å²) < 4.78 is 0. The van der Waals surface area contributed by atoms with E-state index >= 15 is 0 Å². The molecule has 18 rings (SSSR count). The van der Waals surface area contributed by atoms with Crippen LogP contribution in [0.3, 0.4) is 0 Å². The summed E-state index contributed by atoms with van der Waals surface area (Å²) in [5.74, 6) is 0. The molecule has 2 nitrogen and oxygen atoms in total. The van der Waals surface area contributed by atoms with Gasteiger partial charge in [-0.25, -0.2) is 0 Å². The van der Waals surface area contributed by atoms with Gasteiger partial charge in [-0.15, -0.1) is 0 Å². The largest absolute Gasteiger partial charge is 0.310 e. The van der Waals surface area contributed by atoms with Gasteiger partial charge in [0.25, 0.3) is 0 Å².